The number of carbonyl (C=O) groups excluding carboxylic acids is 1. The van der Waals surface area contributed by atoms with Crippen molar-refractivity contribution in [1.82, 2.24) is 4.90 Å². The highest BCUT2D eigenvalue weighted by Crippen LogP contribution is 2.34. The summed E-state index contributed by atoms with van der Waals surface area (Å²) in [4.78, 5) is 23.9. The first-order valence-corrected chi connectivity index (χ1v) is 5.28. The van der Waals surface area contributed by atoms with Crippen LogP contribution in [0.2, 0.25) is 0 Å². The lowest BCUT2D eigenvalue weighted by atomic mass is 10.2. The van der Waals surface area contributed by atoms with E-state index in [9.17, 15) is 14.7 Å². The van der Waals surface area contributed by atoms with Crippen molar-refractivity contribution in [2.75, 3.05) is 6.54 Å². The lowest BCUT2D eigenvalue weighted by Gasteiger charge is -2.20. The first kappa shape index (κ1) is 10.4. The number of amides is 1. The lowest BCUT2D eigenvalue weighted by molar-refractivity contribution is -0.148. The average molecular weight is 213 g/mol. The van der Waals surface area contributed by atoms with E-state index in [0.29, 0.717) is 12.3 Å². The zero-order chi connectivity index (χ0) is 11.0. The summed E-state index contributed by atoms with van der Waals surface area (Å²) in [5.41, 5.74) is 0. The molecular formula is C10H15NO4. The predicted molar refractivity (Wildman–Crippen MR) is 51.1 cm³/mol. The Bertz CT molecular complexity index is 287. The summed E-state index contributed by atoms with van der Waals surface area (Å²) in [6, 6.07) is -0.828. The Labute approximate surface area is 87.7 Å². The van der Waals surface area contributed by atoms with Gasteiger partial charge in [0.15, 0.2) is 0 Å². The Balaban J connectivity index is 1.98. The van der Waals surface area contributed by atoms with Gasteiger partial charge in [-0.05, 0) is 18.8 Å². The molecule has 0 unspecified atom stereocenters. The molecule has 1 saturated heterocycles. The molecule has 2 rings (SSSR count). The highest BCUT2D eigenvalue weighted by Gasteiger charge is 2.40. The standard InChI is InChI=1S/C10H15NO4/c12-7-4-8(10(14)15)11(5-7)9(13)3-6-1-2-6/h6-8,12H,1-5H2,(H,14,15)/t7-,8+/m1/s1. The smallest absolute Gasteiger partial charge is 0.326 e. The van der Waals surface area contributed by atoms with Crippen LogP contribution in [0.3, 0.4) is 0 Å². The molecule has 1 saturated carbocycles. The maximum Gasteiger partial charge on any atom is 0.326 e. The third kappa shape index (κ3) is 2.28. The number of carboxylic acid groups (broad SMARTS) is 1. The summed E-state index contributed by atoms with van der Waals surface area (Å²) in [6.45, 7) is 0.169. The molecule has 2 N–H and O–H groups in total. The molecule has 5 heteroatoms. The molecule has 2 atom stereocenters. The van der Waals surface area contributed by atoms with E-state index < -0.39 is 18.1 Å². The van der Waals surface area contributed by atoms with Gasteiger partial charge in [0.25, 0.3) is 0 Å². The molecule has 1 aliphatic heterocycles. The van der Waals surface area contributed by atoms with E-state index in [1.807, 2.05) is 0 Å². The largest absolute Gasteiger partial charge is 0.480 e. The summed E-state index contributed by atoms with van der Waals surface area (Å²) >= 11 is 0. The lowest BCUT2D eigenvalue weighted by Crippen LogP contribution is -2.40. The van der Waals surface area contributed by atoms with E-state index >= 15 is 0 Å². The first-order chi connectivity index (χ1) is 7.08. The second kappa shape index (κ2) is 3.81. The Morgan fingerprint density at radius 2 is 2.00 bits per heavy atom. The minimum Gasteiger partial charge on any atom is -0.480 e. The Hall–Kier alpha value is -1.10. The monoisotopic (exact) mass is 213 g/mol. The molecule has 0 bridgehead atoms. The third-order valence-corrected chi connectivity index (χ3v) is 3.04. The Morgan fingerprint density at radius 1 is 1.33 bits per heavy atom. The van der Waals surface area contributed by atoms with Gasteiger partial charge in [-0.1, -0.05) is 0 Å². The average Bonchev–Trinajstić information content (AvgIpc) is 2.86. The van der Waals surface area contributed by atoms with E-state index in [4.69, 9.17) is 5.11 Å². The maximum absolute atomic E-state index is 11.7. The van der Waals surface area contributed by atoms with Crippen molar-refractivity contribution in [3.05, 3.63) is 0 Å². The molecule has 2 fully saturated rings. The molecule has 0 aromatic carbocycles. The maximum atomic E-state index is 11.7. The van der Waals surface area contributed by atoms with Gasteiger partial charge in [-0.3, -0.25) is 4.79 Å². The van der Waals surface area contributed by atoms with Crippen LogP contribution in [0, 0.1) is 5.92 Å². The number of hydrogen-bond donors (Lipinski definition) is 2. The summed E-state index contributed by atoms with van der Waals surface area (Å²) < 4.78 is 0. The number of aliphatic carboxylic acids is 1. The van der Waals surface area contributed by atoms with Crippen molar-refractivity contribution in [2.24, 2.45) is 5.92 Å². The first-order valence-electron chi connectivity index (χ1n) is 5.28. The van der Waals surface area contributed by atoms with E-state index in [0.717, 1.165) is 12.8 Å². The van der Waals surface area contributed by atoms with Crippen LogP contribution in [0.15, 0.2) is 0 Å². The van der Waals surface area contributed by atoms with Gasteiger partial charge in [-0.2, -0.15) is 0 Å². The molecule has 84 valence electrons. The summed E-state index contributed by atoms with van der Waals surface area (Å²) in [5, 5.41) is 18.3. The normalized spacial score (nSPS) is 30.6. The van der Waals surface area contributed by atoms with E-state index in [1.165, 1.54) is 4.90 Å². The van der Waals surface area contributed by atoms with Crippen molar-refractivity contribution in [3.8, 4) is 0 Å². The summed E-state index contributed by atoms with van der Waals surface area (Å²) in [5.74, 6) is -0.693. The van der Waals surface area contributed by atoms with Gasteiger partial charge in [-0.25, -0.2) is 4.79 Å². The Morgan fingerprint density at radius 3 is 2.53 bits per heavy atom. The van der Waals surface area contributed by atoms with Crippen LogP contribution in [-0.2, 0) is 9.59 Å². The van der Waals surface area contributed by atoms with Gasteiger partial charge in [0.1, 0.15) is 6.04 Å². The number of aliphatic hydroxyl groups is 1. The van der Waals surface area contributed by atoms with Crippen LogP contribution in [0.4, 0.5) is 0 Å². The predicted octanol–water partition coefficient (Wildman–Crippen LogP) is -0.167. The van der Waals surface area contributed by atoms with Crippen LogP contribution in [-0.4, -0.2) is 45.7 Å². The second-order valence-electron chi connectivity index (χ2n) is 4.44. The van der Waals surface area contributed by atoms with Crippen molar-refractivity contribution in [3.63, 3.8) is 0 Å². The summed E-state index contributed by atoms with van der Waals surface area (Å²) in [7, 11) is 0. The van der Waals surface area contributed by atoms with Gasteiger partial charge >= 0.3 is 5.97 Å². The van der Waals surface area contributed by atoms with Gasteiger partial charge in [0.2, 0.25) is 5.91 Å². The minimum atomic E-state index is -1.02. The minimum absolute atomic E-state index is 0.124. The van der Waals surface area contributed by atoms with Crippen molar-refractivity contribution in [1.29, 1.82) is 0 Å². The number of β-amino-alcohol motifs (C(OH)–C–C–N with tert-alkyl or cyclic N) is 1. The SMILES string of the molecule is O=C(O)[C@@H]1C[C@@H](O)CN1C(=O)CC1CC1. The van der Waals surface area contributed by atoms with E-state index in [-0.39, 0.29) is 18.9 Å². The molecule has 1 amide bonds. The fourth-order valence-corrected chi connectivity index (χ4v) is 2.01. The number of hydrogen-bond acceptors (Lipinski definition) is 3. The van der Waals surface area contributed by atoms with Gasteiger partial charge in [-0.15, -0.1) is 0 Å². The quantitative estimate of drug-likeness (QED) is 0.682. The van der Waals surface area contributed by atoms with E-state index in [2.05, 4.69) is 0 Å². The van der Waals surface area contributed by atoms with E-state index in [1.54, 1.807) is 0 Å². The molecule has 1 heterocycles. The highest BCUT2D eigenvalue weighted by atomic mass is 16.4. The molecule has 0 aromatic heterocycles. The highest BCUT2D eigenvalue weighted by molar-refractivity contribution is 5.84. The van der Waals surface area contributed by atoms with Gasteiger partial charge in [0.05, 0.1) is 6.10 Å². The fraction of sp³-hybridized carbons (Fsp3) is 0.800. The number of carboxylic acids is 1. The molecule has 15 heavy (non-hydrogen) atoms. The molecule has 0 aromatic rings. The number of likely N-dealkylation sites (tertiary alicyclic amines) is 1. The number of nitrogens with zero attached hydrogens (tertiary/aromatic N) is 1. The van der Waals surface area contributed by atoms with Gasteiger partial charge in [0, 0.05) is 19.4 Å². The molecular weight excluding hydrogens is 198 g/mol. The van der Waals surface area contributed by atoms with Crippen molar-refractivity contribution >= 4 is 11.9 Å². The zero-order valence-electron chi connectivity index (χ0n) is 8.43. The van der Waals surface area contributed by atoms with Crippen molar-refractivity contribution < 1.29 is 19.8 Å². The molecule has 0 radical (unpaired) electrons. The second-order valence-corrected chi connectivity index (χ2v) is 4.44. The topological polar surface area (TPSA) is 77.8 Å². The van der Waals surface area contributed by atoms with Crippen LogP contribution >= 0.6 is 0 Å². The summed E-state index contributed by atoms with van der Waals surface area (Å²) in [6.07, 6.45) is 2.05. The molecule has 1 aliphatic carbocycles. The van der Waals surface area contributed by atoms with Crippen LogP contribution in [0.5, 0.6) is 0 Å². The zero-order valence-corrected chi connectivity index (χ0v) is 8.43. The van der Waals surface area contributed by atoms with Gasteiger partial charge < -0.3 is 15.1 Å². The third-order valence-electron chi connectivity index (χ3n) is 3.04. The van der Waals surface area contributed by atoms with Crippen LogP contribution in [0.25, 0.3) is 0 Å². The Kier molecular flexibility index (Phi) is 2.65. The number of rotatable bonds is 3. The van der Waals surface area contributed by atoms with Crippen LogP contribution in [0.1, 0.15) is 25.7 Å². The fourth-order valence-electron chi connectivity index (χ4n) is 2.01. The van der Waals surface area contributed by atoms with Crippen molar-refractivity contribution in [2.45, 2.75) is 37.8 Å². The molecule has 0 spiro atoms. The number of carbonyl (C=O) groups is 2. The molecule has 2 aliphatic rings. The molecule has 5 nitrogen and oxygen atoms in total. The number of aliphatic hydroxyl groups excluding tert-OH is 1. The van der Waals surface area contributed by atoms with Crippen LogP contribution < -0.4 is 0 Å².